The number of aromatic nitrogens is 2. The van der Waals surface area contributed by atoms with Crippen LogP contribution in [0, 0.1) is 0 Å². The molecule has 2 heterocycles. The number of hydrogen-bond acceptors (Lipinski definition) is 6. The first-order valence-electron chi connectivity index (χ1n) is 10.7. The second-order valence-corrected chi connectivity index (χ2v) is 8.39. The van der Waals surface area contributed by atoms with E-state index in [-0.39, 0.29) is 0 Å². The Balaban J connectivity index is 1.60. The summed E-state index contributed by atoms with van der Waals surface area (Å²) in [4.78, 5) is 14.1. The van der Waals surface area contributed by atoms with Gasteiger partial charge in [-0.2, -0.15) is 0 Å². The van der Waals surface area contributed by atoms with E-state index in [0.717, 1.165) is 53.5 Å². The molecule has 5 rings (SSSR count). The van der Waals surface area contributed by atoms with Crippen molar-refractivity contribution in [2.45, 2.75) is 44.9 Å². The van der Waals surface area contributed by atoms with Gasteiger partial charge < -0.3 is 19.6 Å². The Bertz CT molecular complexity index is 1090. The van der Waals surface area contributed by atoms with Crippen LogP contribution < -0.4 is 14.5 Å². The third kappa shape index (κ3) is 3.35. The molecule has 0 radical (unpaired) electrons. The van der Waals surface area contributed by atoms with Crippen molar-refractivity contribution in [3.8, 4) is 5.75 Å². The Labute approximate surface area is 177 Å². The Hall–Kier alpha value is -2.86. The van der Waals surface area contributed by atoms with Gasteiger partial charge in [-0.1, -0.05) is 12.1 Å². The van der Waals surface area contributed by atoms with Crippen LogP contribution in [0.1, 0.15) is 42.6 Å². The molecule has 6 nitrogen and oxygen atoms in total. The lowest BCUT2D eigenvalue weighted by Crippen LogP contribution is -2.32. The summed E-state index contributed by atoms with van der Waals surface area (Å²) in [5.74, 6) is 3.42. The van der Waals surface area contributed by atoms with E-state index in [4.69, 9.17) is 14.7 Å². The van der Waals surface area contributed by atoms with Gasteiger partial charge in [0, 0.05) is 42.7 Å². The minimum atomic E-state index is -0.563. The molecule has 0 amide bonds. The zero-order chi connectivity index (χ0) is 20.8. The van der Waals surface area contributed by atoms with Crippen molar-refractivity contribution in [3.05, 3.63) is 53.3 Å². The van der Waals surface area contributed by atoms with Gasteiger partial charge in [0.05, 0.1) is 12.6 Å². The maximum absolute atomic E-state index is 10.0. The summed E-state index contributed by atoms with van der Waals surface area (Å²) in [6.45, 7) is 3.46. The summed E-state index contributed by atoms with van der Waals surface area (Å²) in [5, 5.41) is 11.1. The first-order valence-corrected chi connectivity index (χ1v) is 10.7. The van der Waals surface area contributed by atoms with Gasteiger partial charge in [0.1, 0.15) is 23.6 Å². The van der Waals surface area contributed by atoms with E-state index in [1.54, 1.807) is 14.0 Å². The van der Waals surface area contributed by atoms with E-state index in [2.05, 4.69) is 29.2 Å². The van der Waals surface area contributed by atoms with E-state index in [0.29, 0.717) is 5.92 Å². The monoisotopic (exact) mass is 404 g/mol. The molecule has 0 spiro atoms. The van der Waals surface area contributed by atoms with Gasteiger partial charge >= 0.3 is 0 Å². The van der Waals surface area contributed by atoms with Crippen LogP contribution in [0.2, 0.25) is 0 Å². The van der Waals surface area contributed by atoms with Gasteiger partial charge in [-0.25, -0.2) is 9.97 Å². The zero-order valence-electron chi connectivity index (χ0n) is 17.8. The Kier molecular flexibility index (Phi) is 4.74. The van der Waals surface area contributed by atoms with Gasteiger partial charge in [-0.15, -0.1) is 0 Å². The second-order valence-electron chi connectivity index (χ2n) is 8.39. The molecular weight excluding hydrogens is 376 g/mol. The molecule has 6 heteroatoms. The maximum Gasteiger partial charge on any atom is 0.140 e. The highest BCUT2D eigenvalue weighted by Gasteiger charge is 2.29. The number of aliphatic hydroxyl groups is 1. The predicted octanol–water partition coefficient (Wildman–Crippen LogP) is 3.85. The standard InChI is InChI=1S/C24H28N4O2/c1-15(29)27(2)18-9-10-21-20(13-18)24(26-23(25-21)16-7-8-16)28-12-11-19-17(14-28)5-4-6-22(19)30-3/h4-6,9-10,13,15-16,29H,7-8,11-12,14H2,1-3H3. The largest absolute Gasteiger partial charge is 0.496 e. The van der Waals surface area contributed by atoms with E-state index in [9.17, 15) is 5.11 Å². The van der Waals surface area contributed by atoms with Crippen molar-refractivity contribution in [2.24, 2.45) is 0 Å². The Morgan fingerprint density at radius 2 is 2.03 bits per heavy atom. The highest BCUT2D eigenvalue weighted by Crippen LogP contribution is 2.41. The van der Waals surface area contributed by atoms with Crippen molar-refractivity contribution < 1.29 is 9.84 Å². The molecule has 1 aliphatic carbocycles. The minimum absolute atomic E-state index is 0.491. The van der Waals surface area contributed by atoms with Crippen molar-refractivity contribution in [1.82, 2.24) is 9.97 Å². The Morgan fingerprint density at radius 1 is 1.20 bits per heavy atom. The molecule has 1 unspecified atom stereocenters. The highest BCUT2D eigenvalue weighted by molar-refractivity contribution is 5.92. The molecule has 3 aromatic rings. The van der Waals surface area contributed by atoms with Gasteiger partial charge in [-0.3, -0.25) is 0 Å². The van der Waals surface area contributed by atoms with Gasteiger partial charge in [0.15, 0.2) is 0 Å². The summed E-state index contributed by atoms with van der Waals surface area (Å²) >= 11 is 0. The molecule has 0 bridgehead atoms. The van der Waals surface area contributed by atoms with Crippen molar-refractivity contribution in [1.29, 1.82) is 0 Å². The Morgan fingerprint density at radius 3 is 2.77 bits per heavy atom. The molecule has 1 atom stereocenters. The molecule has 1 saturated carbocycles. The molecule has 1 fully saturated rings. The fraction of sp³-hybridized carbons (Fsp3) is 0.417. The van der Waals surface area contributed by atoms with Crippen molar-refractivity contribution in [3.63, 3.8) is 0 Å². The molecule has 1 aliphatic heterocycles. The lowest BCUT2D eigenvalue weighted by molar-refractivity contribution is 0.195. The van der Waals surface area contributed by atoms with Crippen LogP contribution in [0.5, 0.6) is 5.75 Å². The number of fused-ring (bicyclic) bond motifs is 2. The number of methoxy groups -OCH3 is 1. The minimum Gasteiger partial charge on any atom is -0.496 e. The normalized spacial score (nSPS) is 17.0. The fourth-order valence-corrected chi connectivity index (χ4v) is 4.26. The number of anilines is 2. The van der Waals surface area contributed by atoms with Crippen LogP contribution in [-0.4, -0.2) is 42.0 Å². The van der Waals surface area contributed by atoms with Crippen LogP contribution in [0.25, 0.3) is 10.9 Å². The number of nitrogens with zero attached hydrogens (tertiary/aromatic N) is 4. The number of hydrogen-bond donors (Lipinski definition) is 1. The summed E-state index contributed by atoms with van der Waals surface area (Å²) in [6.07, 6.45) is 2.71. The van der Waals surface area contributed by atoms with Crippen LogP contribution in [0.3, 0.4) is 0 Å². The molecule has 2 aromatic carbocycles. The molecule has 1 aromatic heterocycles. The number of ether oxygens (including phenoxy) is 1. The molecule has 2 aliphatic rings. The van der Waals surface area contributed by atoms with Crippen LogP contribution in [0.4, 0.5) is 11.5 Å². The zero-order valence-corrected chi connectivity index (χ0v) is 17.8. The fourth-order valence-electron chi connectivity index (χ4n) is 4.26. The lowest BCUT2D eigenvalue weighted by Gasteiger charge is -2.32. The second kappa shape index (κ2) is 7.43. The average molecular weight is 405 g/mol. The summed E-state index contributed by atoms with van der Waals surface area (Å²) in [5.41, 5.74) is 4.52. The van der Waals surface area contributed by atoms with Gasteiger partial charge in [0.2, 0.25) is 0 Å². The maximum atomic E-state index is 10.0. The van der Waals surface area contributed by atoms with Gasteiger partial charge in [0.25, 0.3) is 0 Å². The SMILES string of the molecule is COc1cccc2c1CCN(c1nc(C3CC3)nc3ccc(N(C)C(C)O)cc13)C2. The quantitative estimate of drug-likeness (QED) is 0.652. The summed E-state index contributed by atoms with van der Waals surface area (Å²) < 4.78 is 5.57. The average Bonchev–Trinajstić information content (AvgIpc) is 3.62. The van der Waals surface area contributed by atoms with E-state index in [1.165, 1.54) is 24.0 Å². The third-order valence-electron chi connectivity index (χ3n) is 6.33. The smallest absolute Gasteiger partial charge is 0.140 e. The van der Waals surface area contributed by atoms with Gasteiger partial charge in [-0.05, 0) is 56.0 Å². The van der Waals surface area contributed by atoms with Crippen LogP contribution in [0.15, 0.2) is 36.4 Å². The van der Waals surface area contributed by atoms with Crippen LogP contribution in [-0.2, 0) is 13.0 Å². The van der Waals surface area contributed by atoms with Crippen molar-refractivity contribution in [2.75, 3.05) is 30.5 Å². The molecule has 30 heavy (non-hydrogen) atoms. The van der Waals surface area contributed by atoms with E-state index < -0.39 is 6.23 Å². The highest BCUT2D eigenvalue weighted by atomic mass is 16.5. The molecule has 156 valence electrons. The first kappa shape index (κ1) is 19.1. The molecule has 0 saturated heterocycles. The predicted molar refractivity (Wildman–Crippen MR) is 119 cm³/mol. The lowest BCUT2D eigenvalue weighted by atomic mass is 9.98. The number of benzene rings is 2. The number of rotatable bonds is 5. The topological polar surface area (TPSA) is 61.7 Å². The van der Waals surface area contributed by atoms with Crippen LogP contribution >= 0.6 is 0 Å². The van der Waals surface area contributed by atoms with E-state index in [1.807, 2.05) is 24.1 Å². The first-order chi connectivity index (χ1) is 14.5. The molecule has 1 N–H and O–H groups in total. The summed E-state index contributed by atoms with van der Waals surface area (Å²) in [7, 11) is 3.64. The molecular formula is C24H28N4O2. The number of aliphatic hydroxyl groups excluding tert-OH is 1. The van der Waals surface area contributed by atoms with E-state index >= 15 is 0 Å². The summed E-state index contributed by atoms with van der Waals surface area (Å²) in [6, 6.07) is 12.5. The third-order valence-corrected chi connectivity index (χ3v) is 6.33. The van der Waals surface area contributed by atoms with Crippen molar-refractivity contribution >= 4 is 22.4 Å².